The summed E-state index contributed by atoms with van der Waals surface area (Å²) >= 11 is 3.02. The number of nitrogens with two attached hydrogens (primary N) is 1. The average molecular weight is 508 g/mol. The summed E-state index contributed by atoms with van der Waals surface area (Å²) < 4.78 is 52.4. The Labute approximate surface area is 174 Å². The lowest BCUT2D eigenvalue weighted by Gasteiger charge is -2.07. The number of carbonyl (C=O) groups excluding carboxylic acids is 1. The zero-order valence-corrected chi connectivity index (χ0v) is 16.9. The van der Waals surface area contributed by atoms with E-state index in [1.807, 2.05) is 4.72 Å². The Morgan fingerprint density at radius 3 is 2.77 bits per heavy atom. The van der Waals surface area contributed by atoms with E-state index in [1.54, 1.807) is 0 Å². The molecule has 3 rings (SSSR count). The molecule has 0 saturated carbocycles. The van der Waals surface area contributed by atoms with Gasteiger partial charge in [-0.1, -0.05) is 5.16 Å². The third-order valence-electron chi connectivity index (χ3n) is 3.35. The summed E-state index contributed by atoms with van der Waals surface area (Å²) in [4.78, 5) is 22.6. The molecule has 0 aliphatic carbocycles. The number of anilines is 1. The minimum Gasteiger partial charge on any atom is -0.364 e. The number of hydrogen-bond acceptors (Lipinski definition) is 11. The molecule has 0 radical (unpaired) electrons. The summed E-state index contributed by atoms with van der Waals surface area (Å²) in [5, 5.41) is 13.6. The van der Waals surface area contributed by atoms with Crippen molar-refractivity contribution in [2.45, 2.75) is 0 Å². The molecule has 0 spiro atoms. The van der Waals surface area contributed by atoms with Crippen molar-refractivity contribution in [2.75, 3.05) is 18.4 Å². The van der Waals surface area contributed by atoms with Crippen LogP contribution in [0.4, 0.5) is 15.0 Å². The highest BCUT2D eigenvalue weighted by Gasteiger charge is 2.23. The fourth-order valence-corrected chi connectivity index (χ4v) is 3.19. The third-order valence-corrected chi connectivity index (χ3v) is 4.90. The lowest BCUT2D eigenvalue weighted by molar-refractivity contribution is 0.212. The lowest BCUT2D eigenvalue weighted by Crippen LogP contribution is -2.33. The van der Waals surface area contributed by atoms with Gasteiger partial charge in [-0.2, -0.15) is 13.1 Å². The predicted octanol–water partition coefficient (Wildman–Crippen LogP) is 0.119. The van der Waals surface area contributed by atoms with Gasteiger partial charge in [0.2, 0.25) is 11.6 Å². The standard InChI is InChI=1S/C13H11BrFN7O7S/c14-7-5-6(1-2-8(7)15)22-11(21-27-13(22)24)9-10(20-29-19-9)17-3-4-18-30(25,26)28-12(16)23/h1-2,5,18H,3-4H2,(H2,16,23)(H,17,20). The van der Waals surface area contributed by atoms with E-state index in [0.29, 0.717) is 0 Å². The molecule has 2 heterocycles. The van der Waals surface area contributed by atoms with E-state index in [0.717, 1.165) is 10.6 Å². The molecule has 2 aromatic heterocycles. The van der Waals surface area contributed by atoms with E-state index in [-0.39, 0.29) is 40.6 Å². The molecule has 17 heteroatoms. The number of nitrogens with one attached hydrogen (secondary N) is 2. The summed E-state index contributed by atoms with van der Waals surface area (Å²) in [6.07, 6.45) is -1.49. The Balaban J connectivity index is 1.78. The normalized spacial score (nSPS) is 11.4. The number of hydrogen-bond donors (Lipinski definition) is 3. The summed E-state index contributed by atoms with van der Waals surface area (Å²) in [5.74, 6) is -1.54. The molecule has 1 aromatic carbocycles. The largest absolute Gasteiger partial charge is 0.446 e. The second-order valence-corrected chi connectivity index (χ2v) is 7.56. The highest BCUT2D eigenvalue weighted by molar-refractivity contribution is 9.10. The van der Waals surface area contributed by atoms with E-state index >= 15 is 0 Å². The predicted molar refractivity (Wildman–Crippen MR) is 99.1 cm³/mol. The summed E-state index contributed by atoms with van der Waals surface area (Å²) in [6, 6.07) is 3.77. The number of amides is 1. The number of aromatic nitrogens is 4. The molecule has 14 nitrogen and oxygen atoms in total. The van der Waals surface area contributed by atoms with Gasteiger partial charge in [0.1, 0.15) is 5.82 Å². The molecule has 0 fully saturated rings. The maximum atomic E-state index is 13.5. The van der Waals surface area contributed by atoms with Gasteiger partial charge in [-0.05, 0) is 44.4 Å². The minimum absolute atomic E-state index is 0.00625. The Morgan fingerprint density at radius 2 is 2.07 bits per heavy atom. The molecule has 4 N–H and O–H groups in total. The first-order valence-corrected chi connectivity index (χ1v) is 9.97. The van der Waals surface area contributed by atoms with Crippen LogP contribution in [0.2, 0.25) is 0 Å². The van der Waals surface area contributed by atoms with Gasteiger partial charge in [-0.3, -0.25) is 4.52 Å². The summed E-state index contributed by atoms with van der Waals surface area (Å²) in [5.41, 5.74) is 4.81. The molecule has 30 heavy (non-hydrogen) atoms. The van der Waals surface area contributed by atoms with Gasteiger partial charge in [-0.15, -0.1) is 0 Å². The molecule has 0 aliphatic heterocycles. The van der Waals surface area contributed by atoms with Gasteiger partial charge >= 0.3 is 22.2 Å². The maximum Gasteiger partial charge on any atom is 0.446 e. The van der Waals surface area contributed by atoms with Crippen LogP contribution in [0.25, 0.3) is 17.2 Å². The lowest BCUT2D eigenvalue weighted by atomic mass is 10.3. The third kappa shape index (κ3) is 4.81. The highest BCUT2D eigenvalue weighted by atomic mass is 79.9. The zero-order chi connectivity index (χ0) is 21.9. The quantitative estimate of drug-likeness (QED) is 0.349. The van der Waals surface area contributed by atoms with Crippen molar-refractivity contribution >= 4 is 38.1 Å². The van der Waals surface area contributed by atoms with Crippen molar-refractivity contribution in [2.24, 2.45) is 5.73 Å². The van der Waals surface area contributed by atoms with Crippen molar-refractivity contribution in [3.63, 3.8) is 0 Å². The van der Waals surface area contributed by atoms with Crippen LogP contribution >= 0.6 is 15.9 Å². The summed E-state index contributed by atoms with van der Waals surface area (Å²) in [6.45, 7) is -0.300. The molecular weight excluding hydrogens is 497 g/mol. The van der Waals surface area contributed by atoms with Gasteiger partial charge in [0, 0.05) is 13.1 Å². The van der Waals surface area contributed by atoms with Crippen LogP contribution in [0.15, 0.2) is 36.6 Å². The molecule has 0 unspecified atom stereocenters. The van der Waals surface area contributed by atoms with Crippen LogP contribution < -0.4 is 21.5 Å². The molecule has 3 aromatic rings. The van der Waals surface area contributed by atoms with Crippen molar-refractivity contribution in [1.29, 1.82) is 0 Å². The fourth-order valence-electron chi connectivity index (χ4n) is 2.20. The molecule has 1 amide bonds. The number of benzene rings is 1. The van der Waals surface area contributed by atoms with Crippen LogP contribution in [0.5, 0.6) is 0 Å². The van der Waals surface area contributed by atoms with Gasteiger partial charge in [0.25, 0.3) is 0 Å². The van der Waals surface area contributed by atoms with Crippen molar-refractivity contribution in [3.8, 4) is 17.2 Å². The Kier molecular flexibility index (Phi) is 6.13. The Bertz CT molecular complexity index is 1240. The summed E-state index contributed by atoms with van der Waals surface area (Å²) in [7, 11) is -4.36. The van der Waals surface area contributed by atoms with E-state index in [9.17, 15) is 22.4 Å². The van der Waals surface area contributed by atoms with E-state index in [4.69, 9.17) is 0 Å². The van der Waals surface area contributed by atoms with Crippen molar-refractivity contribution in [1.82, 2.24) is 24.8 Å². The van der Waals surface area contributed by atoms with Gasteiger partial charge < -0.3 is 15.2 Å². The van der Waals surface area contributed by atoms with Crippen LogP contribution in [-0.2, 0) is 14.5 Å². The first kappa shape index (κ1) is 21.4. The molecule has 0 saturated heterocycles. The number of nitrogens with zero attached hydrogens (tertiary/aromatic N) is 4. The van der Waals surface area contributed by atoms with Crippen molar-refractivity contribution < 1.29 is 30.9 Å². The second-order valence-electron chi connectivity index (χ2n) is 5.34. The fraction of sp³-hybridized carbons (Fsp3) is 0.154. The van der Waals surface area contributed by atoms with Gasteiger partial charge in [0.15, 0.2) is 5.69 Å². The van der Waals surface area contributed by atoms with Crippen LogP contribution in [-0.4, -0.2) is 47.6 Å². The monoisotopic (exact) mass is 507 g/mol. The maximum absolute atomic E-state index is 13.5. The van der Waals surface area contributed by atoms with Crippen molar-refractivity contribution in [3.05, 3.63) is 39.0 Å². The van der Waals surface area contributed by atoms with E-state index < -0.39 is 28.0 Å². The number of rotatable bonds is 8. The van der Waals surface area contributed by atoms with Crippen LogP contribution in [0, 0.1) is 5.82 Å². The topological polar surface area (TPSA) is 197 Å². The van der Waals surface area contributed by atoms with E-state index in [2.05, 4.69) is 55.8 Å². The zero-order valence-electron chi connectivity index (χ0n) is 14.5. The first-order valence-electron chi connectivity index (χ1n) is 7.77. The van der Waals surface area contributed by atoms with Gasteiger partial charge in [0.05, 0.1) is 10.2 Å². The second kappa shape index (κ2) is 8.59. The molecule has 160 valence electrons. The number of primary amides is 1. The molecule has 0 aliphatic rings. The molecular formula is C13H11BrFN7O7S. The number of carbonyl (C=O) groups is 1. The molecule has 0 atom stereocenters. The smallest absolute Gasteiger partial charge is 0.364 e. The SMILES string of the molecule is NC(=O)OS(=O)(=O)NCCNc1nonc1-c1noc(=O)n1-c1ccc(F)c(Br)c1. The average Bonchev–Trinajstić information content (AvgIpc) is 3.26. The van der Waals surface area contributed by atoms with Crippen LogP contribution in [0.1, 0.15) is 0 Å². The Hall–Kier alpha value is -3.31. The minimum atomic E-state index is -4.36. The molecule has 0 bridgehead atoms. The highest BCUT2D eigenvalue weighted by Crippen LogP contribution is 2.25. The van der Waals surface area contributed by atoms with Gasteiger partial charge in [-0.25, -0.2) is 23.2 Å². The first-order chi connectivity index (χ1) is 14.2. The van der Waals surface area contributed by atoms with Crippen LogP contribution in [0.3, 0.4) is 0 Å². The van der Waals surface area contributed by atoms with E-state index in [1.165, 1.54) is 12.1 Å². The Morgan fingerprint density at radius 1 is 1.30 bits per heavy atom. The number of halogens is 2.